The van der Waals surface area contributed by atoms with E-state index in [1.165, 1.54) is 11.8 Å². The highest BCUT2D eigenvalue weighted by Crippen LogP contribution is 2.33. The fourth-order valence-corrected chi connectivity index (χ4v) is 3.07. The van der Waals surface area contributed by atoms with E-state index in [4.69, 9.17) is 0 Å². The fourth-order valence-electron chi connectivity index (χ4n) is 2.36. The molecule has 0 fully saturated rings. The predicted molar refractivity (Wildman–Crippen MR) is 78.6 cm³/mol. The van der Waals surface area contributed by atoms with Crippen LogP contribution in [0.25, 0.3) is 0 Å². The minimum absolute atomic E-state index is 0.0374. The molecule has 100 valence electrons. The minimum Gasteiger partial charge on any atom is -0.368 e. The molecule has 1 aliphatic carbocycles. The van der Waals surface area contributed by atoms with E-state index in [-0.39, 0.29) is 11.6 Å². The van der Waals surface area contributed by atoms with Gasteiger partial charge in [-0.15, -0.1) is 11.8 Å². The Morgan fingerprint density at radius 2 is 1.53 bits per heavy atom. The van der Waals surface area contributed by atoms with Crippen molar-refractivity contribution in [3.05, 3.63) is 46.0 Å². The zero-order valence-electron chi connectivity index (χ0n) is 11.4. The topological polar surface area (TPSA) is 37.4 Å². The smallest absolute Gasteiger partial charge is 0.211 e. The molecule has 1 aromatic carbocycles. The van der Waals surface area contributed by atoms with E-state index in [0.29, 0.717) is 21.7 Å². The van der Waals surface area contributed by atoms with Crippen LogP contribution in [0.4, 0.5) is 0 Å². The molecule has 0 aromatic heterocycles. The summed E-state index contributed by atoms with van der Waals surface area (Å²) in [5.74, 6) is -0.0761. The van der Waals surface area contributed by atoms with Crippen LogP contribution >= 0.6 is 11.8 Å². The monoisotopic (exact) mass is 275 g/mol. The summed E-state index contributed by atoms with van der Waals surface area (Å²) in [7, 11) is 0. The zero-order valence-corrected chi connectivity index (χ0v) is 12.2. The lowest BCUT2D eigenvalue weighted by atomic mass is 9.92. The van der Waals surface area contributed by atoms with Gasteiger partial charge < -0.3 is 4.90 Å². The largest absolute Gasteiger partial charge is 0.368 e. The van der Waals surface area contributed by atoms with Gasteiger partial charge in [0.15, 0.2) is 0 Å². The first-order valence-electron chi connectivity index (χ1n) is 6.37. The maximum atomic E-state index is 12.6. The fraction of sp³-hybridized carbons (Fsp3) is 0.333. The Morgan fingerprint density at radius 3 is 2.00 bits per heavy atom. The third-order valence-corrected chi connectivity index (χ3v) is 4.12. The van der Waals surface area contributed by atoms with Crippen molar-refractivity contribution in [2.24, 2.45) is 0 Å². The van der Waals surface area contributed by atoms with Gasteiger partial charge >= 0.3 is 0 Å². The van der Waals surface area contributed by atoms with Gasteiger partial charge in [-0.3, -0.25) is 9.59 Å². The van der Waals surface area contributed by atoms with Crippen molar-refractivity contribution in [2.45, 2.75) is 13.8 Å². The molecule has 0 saturated heterocycles. The number of benzene rings is 1. The summed E-state index contributed by atoms with van der Waals surface area (Å²) >= 11 is 1.36. The van der Waals surface area contributed by atoms with Gasteiger partial charge in [0.05, 0.1) is 4.91 Å². The number of allylic oxidation sites excluding steroid dienone is 2. The van der Waals surface area contributed by atoms with Crippen molar-refractivity contribution in [3.63, 3.8) is 0 Å². The molecule has 0 saturated carbocycles. The average molecular weight is 275 g/mol. The first kappa shape index (κ1) is 13.9. The van der Waals surface area contributed by atoms with Gasteiger partial charge in [0, 0.05) is 24.2 Å². The molecule has 0 unspecified atom stereocenters. The number of likely N-dealkylation sites (N-methyl/N-ethyl adjacent to an activating group) is 1. The van der Waals surface area contributed by atoms with Crippen molar-refractivity contribution < 1.29 is 9.59 Å². The lowest BCUT2D eigenvalue weighted by Crippen LogP contribution is -2.33. The molecule has 0 radical (unpaired) electrons. The zero-order chi connectivity index (χ0) is 14.0. The van der Waals surface area contributed by atoms with Crippen LogP contribution < -0.4 is 0 Å². The van der Waals surface area contributed by atoms with Gasteiger partial charge in [-0.2, -0.15) is 0 Å². The second-order valence-corrected chi connectivity index (χ2v) is 5.07. The van der Waals surface area contributed by atoms with Crippen LogP contribution in [0, 0.1) is 0 Å². The SMILES string of the molecule is CCN(CC)C1=C(SC)C(=O)c2ccccc2C1=O. The standard InChI is InChI=1S/C15H17NO2S/c1-4-16(5-2)12-13(17)10-8-6-7-9-11(10)14(18)15(12)19-3/h6-9H,4-5H2,1-3H3. The maximum Gasteiger partial charge on any atom is 0.211 e. The van der Waals surface area contributed by atoms with E-state index in [1.807, 2.05) is 25.0 Å². The van der Waals surface area contributed by atoms with Gasteiger partial charge in [0.25, 0.3) is 0 Å². The van der Waals surface area contributed by atoms with Crippen LogP contribution in [-0.4, -0.2) is 35.8 Å². The number of hydrogen-bond donors (Lipinski definition) is 0. The van der Waals surface area contributed by atoms with Crippen molar-refractivity contribution in [2.75, 3.05) is 19.3 Å². The summed E-state index contributed by atoms with van der Waals surface area (Å²) in [6, 6.07) is 7.05. The second kappa shape index (κ2) is 5.61. The third kappa shape index (κ3) is 2.21. The molecule has 0 heterocycles. The van der Waals surface area contributed by atoms with Crippen LogP contribution in [0.1, 0.15) is 34.6 Å². The lowest BCUT2D eigenvalue weighted by molar-refractivity contribution is 0.0950. The molecule has 0 bridgehead atoms. The Labute approximate surface area is 117 Å². The van der Waals surface area contributed by atoms with E-state index in [1.54, 1.807) is 24.3 Å². The molecule has 19 heavy (non-hydrogen) atoms. The molecule has 1 aliphatic rings. The van der Waals surface area contributed by atoms with Crippen LogP contribution in [0.15, 0.2) is 34.9 Å². The number of carbonyl (C=O) groups is 2. The highest BCUT2D eigenvalue weighted by Gasteiger charge is 2.33. The van der Waals surface area contributed by atoms with E-state index >= 15 is 0 Å². The Hall–Kier alpha value is -1.55. The summed E-state index contributed by atoms with van der Waals surface area (Å²) in [5.41, 5.74) is 1.60. The van der Waals surface area contributed by atoms with Crippen LogP contribution in [0.5, 0.6) is 0 Å². The molecule has 0 amide bonds. The van der Waals surface area contributed by atoms with Crippen molar-refractivity contribution >= 4 is 23.3 Å². The molecule has 3 nitrogen and oxygen atoms in total. The van der Waals surface area contributed by atoms with Gasteiger partial charge in [-0.25, -0.2) is 0 Å². The molecule has 1 aromatic rings. The van der Waals surface area contributed by atoms with Crippen LogP contribution in [0.2, 0.25) is 0 Å². The van der Waals surface area contributed by atoms with Crippen LogP contribution in [-0.2, 0) is 0 Å². The Morgan fingerprint density at radius 1 is 1.00 bits per heavy atom. The van der Waals surface area contributed by atoms with E-state index in [9.17, 15) is 9.59 Å². The van der Waals surface area contributed by atoms with Gasteiger partial charge in [-0.1, -0.05) is 24.3 Å². The maximum absolute atomic E-state index is 12.6. The Balaban J connectivity index is 2.63. The summed E-state index contributed by atoms with van der Waals surface area (Å²) in [6.07, 6.45) is 1.85. The molecule has 2 rings (SSSR count). The Bertz CT molecular complexity index is 559. The molecule has 0 aliphatic heterocycles. The van der Waals surface area contributed by atoms with Crippen molar-refractivity contribution in [1.82, 2.24) is 4.90 Å². The first-order chi connectivity index (χ1) is 9.15. The van der Waals surface area contributed by atoms with E-state index in [0.717, 1.165) is 13.1 Å². The summed E-state index contributed by atoms with van der Waals surface area (Å²) in [6.45, 7) is 5.42. The minimum atomic E-state index is -0.0387. The number of carbonyl (C=O) groups excluding carboxylic acids is 2. The van der Waals surface area contributed by atoms with Crippen molar-refractivity contribution in [3.8, 4) is 0 Å². The summed E-state index contributed by atoms with van der Waals surface area (Å²) < 4.78 is 0. The lowest BCUT2D eigenvalue weighted by Gasteiger charge is -2.29. The number of hydrogen-bond acceptors (Lipinski definition) is 4. The summed E-state index contributed by atoms with van der Waals surface area (Å²) in [4.78, 5) is 27.6. The molecule has 4 heteroatoms. The average Bonchev–Trinajstić information content (AvgIpc) is 2.45. The highest BCUT2D eigenvalue weighted by molar-refractivity contribution is 8.03. The highest BCUT2D eigenvalue weighted by atomic mass is 32.2. The molecular formula is C15H17NO2S. The predicted octanol–water partition coefficient (Wildman–Crippen LogP) is 2.98. The number of thioether (sulfide) groups is 1. The first-order valence-corrected chi connectivity index (χ1v) is 7.59. The summed E-state index contributed by atoms with van der Waals surface area (Å²) in [5, 5.41) is 0. The number of rotatable bonds is 4. The number of Topliss-reactive ketones (excluding diaryl/α,β-unsaturated/α-hetero) is 2. The quantitative estimate of drug-likeness (QED) is 0.846. The molecule has 0 N–H and O–H groups in total. The normalized spacial score (nSPS) is 14.7. The van der Waals surface area contributed by atoms with E-state index < -0.39 is 0 Å². The molecular weight excluding hydrogens is 258 g/mol. The number of fused-ring (bicyclic) bond motifs is 1. The number of nitrogens with zero attached hydrogens (tertiary/aromatic N) is 1. The second-order valence-electron chi connectivity index (χ2n) is 4.26. The van der Waals surface area contributed by atoms with Crippen LogP contribution in [0.3, 0.4) is 0 Å². The molecule has 0 atom stereocenters. The molecule has 0 spiro atoms. The number of ketones is 2. The third-order valence-electron chi connectivity index (χ3n) is 3.34. The van der Waals surface area contributed by atoms with Gasteiger partial charge in [-0.05, 0) is 20.1 Å². The van der Waals surface area contributed by atoms with Crippen molar-refractivity contribution in [1.29, 1.82) is 0 Å². The van der Waals surface area contributed by atoms with Gasteiger partial charge in [0.1, 0.15) is 5.70 Å². The van der Waals surface area contributed by atoms with Gasteiger partial charge in [0.2, 0.25) is 11.6 Å². The van der Waals surface area contributed by atoms with E-state index in [2.05, 4.69) is 0 Å². The Kier molecular flexibility index (Phi) is 4.10.